The first-order valence-electron chi connectivity index (χ1n) is 11.1. The van der Waals surface area contributed by atoms with Gasteiger partial charge in [0, 0.05) is 24.2 Å². The molecule has 30 heavy (non-hydrogen) atoms. The molecular formula is C24H38N4O2. The summed E-state index contributed by atoms with van der Waals surface area (Å²) in [5.41, 5.74) is 15.3. The SMILES string of the molecule is NCc1cc(CCNCCCCCCNCCc2ccc(O)c(CN)c2)ccc1O. The predicted octanol–water partition coefficient (Wildman–Crippen LogP) is 2.54. The number of phenolic OH excluding ortho intramolecular Hbond substituents is 2. The molecule has 0 amide bonds. The Kier molecular flexibility index (Phi) is 11.3. The van der Waals surface area contributed by atoms with E-state index >= 15 is 0 Å². The van der Waals surface area contributed by atoms with Crippen molar-refractivity contribution in [3.63, 3.8) is 0 Å². The molecule has 0 aromatic heterocycles. The first-order chi connectivity index (χ1) is 14.6. The van der Waals surface area contributed by atoms with Crippen molar-refractivity contribution in [2.45, 2.75) is 51.6 Å². The summed E-state index contributed by atoms with van der Waals surface area (Å²) in [6.07, 6.45) is 6.76. The fourth-order valence-corrected chi connectivity index (χ4v) is 3.48. The molecule has 8 N–H and O–H groups in total. The Labute approximate surface area is 180 Å². The molecule has 0 unspecified atom stereocenters. The van der Waals surface area contributed by atoms with Gasteiger partial charge in [0.2, 0.25) is 0 Å². The number of hydrogen-bond donors (Lipinski definition) is 6. The molecule has 2 aromatic carbocycles. The molecule has 0 saturated carbocycles. The van der Waals surface area contributed by atoms with Crippen molar-refractivity contribution in [2.24, 2.45) is 11.5 Å². The Morgan fingerprint density at radius 3 is 1.43 bits per heavy atom. The van der Waals surface area contributed by atoms with Gasteiger partial charge < -0.3 is 32.3 Å². The second-order valence-electron chi connectivity index (χ2n) is 7.75. The smallest absolute Gasteiger partial charge is 0.120 e. The summed E-state index contributed by atoms with van der Waals surface area (Å²) in [5.74, 6) is 0.564. The number of benzene rings is 2. The molecule has 0 saturated heterocycles. The molecule has 6 heteroatoms. The molecular weight excluding hydrogens is 376 g/mol. The predicted molar refractivity (Wildman–Crippen MR) is 124 cm³/mol. The van der Waals surface area contributed by atoms with E-state index < -0.39 is 0 Å². The maximum absolute atomic E-state index is 9.66. The van der Waals surface area contributed by atoms with Gasteiger partial charge >= 0.3 is 0 Å². The van der Waals surface area contributed by atoms with Gasteiger partial charge in [-0.1, -0.05) is 37.1 Å². The Morgan fingerprint density at radius 2 is 1.03 bits per heavy atom. The highest BCUT2D eigenvalue weighted by Crippen LogP contribution is 2.18. The largest absolute Gasteiger partial charge is 0.508 e. The van der Waals surface area contributed by atoms with Crippen molar-refractivity contribution in [3.8, 4) is 11.5 Å². The summed E-state index contributed by atoms with van der Waals surface area (Å²) in [5, 5.41) is 26.3. The average molecular weight is 415 g/mol. The van der Waals surface area contributed by atoms with Crippen LogP contribution in [0, 0.1) is 0 Å². The summed E-state index contributed by atoms with van der Waals surface area (Å²) in [7, 11) is 0. The number of aromatic hydroxyl groups is 2. The fourth-order valence-electron chi connectivity index (χ4n) is 3.48. The summed E-state index contributed by atoms with van der Waals surface area (Å²) >= 11 is 0. The molecule has 6 nitrogen and oxygen atoms in total. The molecule has 0 fully saturated rings. The van der Waals surface area contributed by atoms with Crippen molar-refractivity contribution >= 4 is 0 Å². The van der Waals surface area contributed by atoms with E-state index in [1.807, 2.05) is 24.3 Å². The molecule has 0 aliphatic rings. The summed E-state index contributed by atoms with van der Waals surface area (Å²) in [6, 6.07) is 11.4. The number of nitrogens with two attached hydrogens (primary N) is 2. The van der Waals surface area contributed by atoms with Crippen LogP contribution in [0.2, 0.25) is 0 Å². The first kappa shape index (κ1) is 24.2. The van der Waals surface area contributed by atoms with E-state index in [9.17, 15) is 10.2 Å². The summed E-state index contributed by atoms with van der Waals surface area (Å²) in [4.78, 5) is 0. The standard InChI is InChI=1S/C24H38N4O2/c25-17-21-15-19(5-7-23(21)29)9-13-27-11-3-1-2-4-12-28-14-10-20-6-8-24(30)22(16-20)18-26/h5-8,15-16,27-30H,1-4,9-14,17-18,25-26H2. The fraction of sp³-hybridized carbons (Fsp3) is 0.500. The maximum atomic E-state index is 9.66. The minimum absolute atomic E-state index is 0.282. The van der Waals surface area contributed by atoms with E-state index in [0.29, 0.717) is 13.1 Å². The lowest BCUT2D eigenvalue weighted by Gasteiger charge is -2.08. The topological polar surface area (TPSA) is 117 Å². The van der Waals surface area contributed by atoms with Crippen LogP contribution in [0.1, 0.15) is 47.9 Å². The molecule has 2 aromatic rings. The highest BCUT2D eigenvalue weighted by Gasteiger charge is 2.02. The van der Waals surface area contributed by atoms with Crippen LogP contribution in [-0.2, 0) is 25.9 Å². The number of nitrogens with one attached hydrogen (secondary N) is 2. The summed E-state index contributed by atoms with van der Waals surface area (Å²) < 4.78 is 0. The number of hydrogen-bond acceptors (Lipinski definition) is 6. The third-order valence-corrected chi connectivity index (χ3v) is 5.37. The van der Waals surface area contributed by atoms with Gasteiger partial charge in [0.05, 0.1) is 0 Å². The van der Waals surface area contributed by atoms with Crippen LogP contribution in [0.15, 0.2) is 36.4 Å². The number of phenols is 2. The van der Waals surface area contributed by atoms with Gasteiger partial charge in [0.25, 0.3) is 0 Å². The van der Waals surface area contributed by atoms with E-state index in [1.54, 1.807) is 12.1 Å². The van der Waals surface area contributed by atoms with Crippen LogP contribution >= 0.6 is 0 Å². The van der Waals surface area contributed by atoms with Crippen molar-refractivity contribution < 1.29 is 10.2 Å². The van der Waals surface area contributed by atoms with Gasteiger partial charge in [0.15, 0.2) is 0 Å². The van der Waals surface area contributed by atoms with Crippen LogP contribution in [0.4, 0.5) is 0 Å². The van der Waals surface area contributed by atoms with Gasteiger partial charge in [-0.05, 0) is 75.1 Å². The van der Waals surface area contributed by atoms with Crippen LogP contribution in [0.25, 0.3) is 0 Å². The van der Waals surface area contributed by atoms with Crippen molar-refractivity contribution in [1.82, 2.24) is 10.6 Å². The van der Waals surface area contributed by atoms with Crippen molar-refractivity contribution in [3.05, 3.63) is 58.7 Å². The zero-order valence-corrected chi connectivity index (χ0v) is 18.0. The van der Waals surface area contributed by atoms with E-state index in [-0.39, 0.29) is 11.5 Å². The maximum Gasteiger partial charge on any atom is 0.120 e. The van der Waals surface area contributed by atoms with E-state index in [1.165, 1.54) is 36.8 Å². The third kappa shape index (κ3) is 8.71. The molecule has 0 radical (unpaired) electrons. The molecule has 166 valence electrons. The van der Waals surface area contributed by atoms with Crippen LogP contribution in [-0.4, -0.2) is 36.4 Å². The van der Waals surface area contributed by atoms with Gasteiger partial charge in [-0.25, -0.2) is 0 Å². The minimum atomic E-state index is 0.282. The lowest BCUT2D eigenvalue weighted by Crippen LogP contribution is -2.19. The molecule has 0 spiro atoms. The van der Waals surface area contributed by atoms with Crippen LogP contribution < -0.4 is 22.1 Å². The van der Waals surface area contributed by atoms with Crippen molar-refractivity contribution in [2.75, 3.05) is 26.2 Å². The van der Waals surface area contributed by atoms with E-state index in [0.717, 1.165) is 50.1 Å². The van der Waals surface area contributed by atoms with E-state index in [4.69, 9.17) is 11.5 Å². The second-order valence-corrected chi connectivity index (χ2v) is 7.75. The summed E-state index contributed by atoms with van der Waals surface area (Å²) in [6.45, 7) is 4.71. The Morgan fingerprint density at radius 1 is 0.600 bits per heavy atom. The van der Waals surface area contributed by atoms with Gasteiger partial charge in [-0.2, -0.15) is 0 Å². The number of unbranched alkanes of at least 4 members (excludes halogenated alkanes) is 3. The quantitative estimate of drug-likeness (QED) is 0.250. The van der Waals surface area contributed by atoms with Crippen LogP contribution in [0.5, 0.6) is 11.5 Å². The highest BCUT2D eigenvalue weighted by molar-refractivity contribution is 5.36. The van der Waals surface area contributed by atoms with Crippen molar-refractivity contribution in [1.29, 1.82) is 0 Å². The minimum Gasteiger partial charge on any atom is -0.508 e. The highest BCUT2D eigenvalue weighted by atomic mass is 16.3. The zero-order valence-electron chi connectivity index (χ0n) is 18.0. The third-order valence-electron chi connectivity index (χ3n) is 5.37. The molecule has 2 rings (SSSR count). The molecule has 0 atom stereocenters. The molecule has 0 aliphatic heterocycles. The Bertz CT molecular complexity index is 688. The molecule has 0 bridgehead atoms. The number of rotatable bonds is 15. The first-order valence-corrected chi connectivity index (χ1v) is 11.1. The zero-order chi connectivity index (χ0) is 21.6. The van der Waals surface area contributed by atoms with Gasteiger partial charge in [0.1, 0.15) is 11.5 Å². The lowest BCUT2D eigenvalue weighted by atomic mass is 10.1. The van der Waals surface area contributed by atoms with Gasteiger partial charge in [-0.15, -0.1) is 0 Å². The monoisotopic (exact) mass is 414 g/mol. The second kappa shape index (κ2) is 14.0. The van der Waals surface area contributed by atoms with Crippen LogP contribution in [0.3, 0.4) is 0 Å². The van der Waals surface area contributed by atoms with Gasteiger partial charge in [-0.3, -0.25) is 0 Å². The normalized spacial score (nSPS) is 11.1. The Balaban J connectivity index is 1.42. The molecule has 0 aliphatic carbocycles. The molecule has 0 heterocycles. The van der Waals surface area contributed by atoms with E-state index in [2.05, 4.69) is 10.6 Å². The Hall–Kier alpha value is -2.12. The lowest BCUT2D eigenvalue weighted by molar-refractivity contribution is 0.467. The average Bonchev–Trinajstić information content (AvgIpc) is 2.76.